The van der Waals surface area contributed by atoms with Gasteiger partial charge in [-0.15, -0.1) is 0 Å². The van der Waals surface area contributed by atoms with Gasteiger partial charge in [0, 0.05) is 44.1 Å². The highest BCUT2D eigenvalue weighted by molar-refractivity contribution is 5.88. The fourth-order valence-corrected chi connectivity index (χ4v) is 3.63. The molecule has 1 N–H and O–H groups in total. The van der Waals surface area contributed by atoms with E-state index in [0.717, 1.165) is 35.6 Å². The summed E-state index contributed by atoms with van der Waals surface area (Å²) >= 11 is 0. The van der Waals surface area contributed by atoms with Crippen LogP contribution in [0, 0.1) is 6.92 Å². The van der Waals surface area contributed by atoms with Gasteiger partial charge in [0.15, 0.2) is 0 Å². The number of morpholine rings is 1. The van der Waals surface area contributed by atoms with Crippen LogP contribution < -0.4 is 19.7 Å². The first-order valence-electron chi connectivity index (χ1n) is 10.5. The molecule has 2 aromatic heterocycles. The number of methoxy groups -OCH3 is 2. The molecule has 10 heteroatoms. The van der Waals surface area contributed by atoms with Crippen LogP contribution >= 0.6 is 0 Å². The first-order chi connectivity index (χ1) is 15.6. The Hall–Kier alpha value is -3.40. The Morgan fingerprint density at radius 3 is 2.75 bits per heavy atom. The first-order valence-corrected chi connectivity index (χ1v) is 10.5. The molecule has 0 aliphatic carbocycles. The molecule has 0 saturated carbocycles. The summed E-state index contributed by atoms with van der Waals surface area (Å²) in [5.74, 6) is 2.59. The van der Waals surface area contributed by atoms with E-state index in [4.69, 9.17) is 23.7 Å². The predicted molar refractivity (Wildman–Crippen MR) is 117 cm³/mol. The van der Waals surface area contributed by atoms with Gasteiger partial charge in [-0.2, -0.15) is 4.98 Å². The molecule has 3 heterocycles. The molecule has 0 bridgehead atoms. The minimum atomic E-state index is -0.103. The zero-order chi connectivity index (χ0) is 22.5. The second-order valence-corrected chi connectivity index (χ2v) is 7.47. The van der Waals surface area contributed by atoms with Crippen LogP contribution in [0.1, 0.15) is 23.5 Å². The van der Waals surface area contributed by atoms with Crippen LogP contribution in [0.5, 0.6) is 11.5 Å². The number of hydrogen-bond acceptors (Lipinski definition) is 9. The van der Waals surface area contributed by atoms with Crippen molar-refractivity contribution in [2.75, 3.05) is 45.4 Å². The van der Waals surface area contributed by atoms with Crippen molar-refractivity contribution in [3.8, 4) is 11.5 Å². The number of ether oxygens (including phenoxy) is 3. The molecule has 1 aliphatic rings. The molecule has 10 nitrogen and oxygen atoms in total. The van der Waals surface area contributed by atoms with Gasteiger partial charge in [0.2, 0.25) is 5.91 Å². The van der Waals surface area contributed by atoms with Crippen LogP contribution in [0.25, 0.3) is 11.1 Å². The Morgan fingerprint density at radius 1 is 1.19 bits per heavy atom. The quantitative estimate of drug-likeness (QED) is 0.561. The lowest BCUT2D eigenvalue weighted by Gasteiger charge is -2.28. The molecule has 32 heavy (non-hydrogen) atoms. The molecule has 1 saturated heterocycles. The van der Waals surface area contributed by atoms with Gasteiger partial charge in [-0.1, -0.05) is 5.16 Å². The van der Waals surface area contributed by atoms with E-state index in [1.54, 1.807) is 20.3 Å². The fourth-order valence-electron chi connectivity index (χ4n) is 3.63. The average molecular weight is 441 g/mol. The molecule has 170 valence electrons. The highest BCUT2D eigenvalue weighted by atomic mass is 16.5. The molecular weight excluding hydrogens is 414 g/mol. The lowest BCUT2D eigenvalue weighted by Crippen LogP contribution is -2.37. The number of carbonyl (C=O) groups excluding carboxylic acids is 1. The summed E-state index contributed by atoms with van der Waals surface area (Å²) < 4.78 is 21.4. The molecule has 3 aromatic rings. The number of nitrogens with zero attached hydrogens (tertiary/aromatic N) is 4. The zero-order valence-electron chi connectivity index (χ0n) is 18.5. The third-order valence-electron chi connectivity index (χ3n) is 5.39. The molecule has 1 aliphatic heterocycles. The van der Waals surface area contributed by atoms with E-state index in [0.29, 0.717) is 49.2 Å². The summed E-state index contributed by atoms with van der Waals surface area (Å²) in [6.45, 7) is 4.98. The highest BCUT2D eigenvalue weighted by Gasteiger charge is 2.22. The monoisotopic (exact) mass is 441 g/mol. The van der Waals surface area contributed by atoms with Crippen molar-refractivity contribution < 1.29 is 23.5 Å². The second kappa shape index (κ2) is 9.82. The van der Waals surface area contributed by atoms with E-state index >= 15 is 0 Å². The maximum absolute atomic E-state index is 12.5. The van der Waals surface area contributed by atoms with Crippen molar-refractivity contribution >= 4 is 22.8 Å². The number of aryl methyl sites for hydroxylation is 2. The van der Waals surface area contributed by atoms with E-state index < -0.39 is 0 Å². The van der Waals surface area contributed by atoms with Crippen molar-refractivity contribution in [1.29, 1.82) is 0 Å². The number of hydrogen-bond donors (Lipinski definition) is 1. The van der Waals surface area contributed by atoms with Gasteiger partial charge in [-0.05, 0) is 19.1 Å². The SMILES string of the molecule is COc1ccc(CNC(=O)CCc2nc(N3CCOCC3)c3c(C)noc3n2)c(OC)c1. The molecule has 1 fully saturated rings. The number of benzene rings is 1. The molecule has 1 aromatic carbocycles. The fraction of sp³-hybridized carbons (Fsp3) is 0.455. The second-order valence-electron chi connectivity index (χ2n) is 7.47. The first kappa shape index (κ1) is 21.8. The molecule has 0 atom stereocenters. The highest BCUT2D eigenvalue weighted by Crippen LogP contribution is 2.28. The molecule has 0 unspecified atom stereocenters. The number of carbonyl (C=O) groups is 1. The summed E-state index contributed by atoms with van der Waals surface area (Å²) in [7, 11) is 3.19. The predicted octanol–water partition coefficient (Wildman–Crippen LogP) is 2.03. The van der Waals surface area contributed by atoms with E-state index in [2.05, 4.69) is 20.4 Å². The van der Waals surface area contributed by atoms with E-state index in [-0.39, 0.29) is 12.3 Å². The van der Waals surface area contributed by atoms with Gasteiger partial charge < -0.3 is 29.0 Å². The Balaban J connectivity index is 1.42. The van der Waals surface area contributed by atoms with Crippen molar-refractivity contribution in [2.45, 2.75) is 26.3 Å². The van der Waals surface area contributed by atoms with Crippen LogP contribution in [0.15, 0.2) is 22.7 Å². The van der Waals surface area contributed by atoms with Crippen molar-refractivity contribution in [3.05, 3.63) is 35.3 Å². The van der Waals surface area contributed by atoms with Crippen LogP contribution in [0.3, 0.4) is 0 Å². The Kier molecular flexibility index (Phi) is 6.69. The summed E-state index contributed by atoms with van der Waals surface area (Å²) in [5, 5.41) is 7.78. The van der Waals surface area contributed by atoms with Gasteiger partial charge in [-0.25, -0.2) is 4.98 Å². The number of nitrogens with one attached hydrogen (secondary N) is 1. The topological polar surface area (TPSA) is 112 Å². The van der Waals surface area contributed by atoms with Gasteiger partial charge in [-0.3, -0.25) is 4.79 Å². The Bertz CT molecular complexity index is 1090. The Labute approximate surface area is 185 Å². The number of amides is 1. The number of anilines is 1. The van der Waals surface area contributed by atoms with Crippen molar-refractivity contribution in [1.82, 2.24) is 20.4 Å². The van der Waals surface area contributed by atoms with E-state index in [1.165, 1.54) is 0 Å². The van der Waals surface area contributed by atoms with Gasteiger partial charge in [0.25, 0.3) is 5.71 Å². The van der Waals surface area contributed by atoms with E-state index in [1.807, 2.05) is 19.1 Å². The van der Waals surface area contributed by atoms with Crippen molar-refractivity contribution in [2.24, 2.45) is 0 Å². The molecule has 4 rings (SSSR count). The summed E-state index contributed by atoms with van der Waals surface area (Å²) in [6, 6.07) is 5.49. The van der Waals surface area contributed by atoms with Crippen molar-refractivity contribution in [3.63, 3.8) is 0 Å². The third-order valence-corrected chi connectivity index (χ3v) is 5.39. The largest absolute Gasteiger partial charge is 0.497 e. The average Bonchev–Trinajstić information content (AvgIpc) is 3.21. The summed E-state index contributed by atoms with van der Waals surface area (Å²) in [4.78, 5) is 23.8. The maximum atomic E-state index is 12.5. The van der Waals surface area contributed by atoms with Crippen LogP contribution in [-0.4, -0.2) is 61.6 Å². The minimum Gasteiger partial charge on any atom is -0.497 e. The van der Waals surface area contributed by atoms with Gasteiger partial charge in [0.05, 0.1) is 33.1 Å². The molecule has 0 radical (unpaired) electrons. The maximum Gasteiger partial charge on any atom is 0.263 e. The third kappa shape index (κ3) is 4.75. The Morgan fingerprint density at radius 2 is 2.00 bits per heavy atom. The normalized spacial score (nSPS) is 13.9. The van der Waals surface area contributed by atoms with Crippen LogP contribution in [-0.2, 0) is 22.5 Å². The number of aromatic nitrogens is 3. The standard InChI is InChI=1S/C22H27N5O5/c1-14-20-21(27-8-10-31-11-9-27)24-18(25-22(20)32-26-14)6-7-19(28)23-13-15-4-5-16(29-2)12-17(15)30-3/h4-5,12H,6-11,13H2,1-3H3,(H,23,28). The van der Waals surface area contributed by atoms with Crippen LogP contribution in [0.4, 0.5) is 5.82 Å². The summed E-state index contributed by atoms with van der Waals surface area (Å²) in [5.41, 5.74) is 2.06. The van der Waals surface area contributed by atoms with Crippen LogP contribution in [0.2, 0.25) is 0 Å². The minimum absolute atomic E-state index is 0.103. The number of fused-ring (bicyclic) bond motifs is 1. The lowest BCUT2D eigenvalue weighted by atomic mass is 10.2. The van der Waals surface area contributed by atoms with Gasteiger partial charge >= 0.3 is 0 Å². The summed E-state index contributed by atoms with van der Waals surface area (Å²) in [6.07, 6.45) is 0.637. The van der Waals surface area contributed by atoms with E-state index in [9.17, 15) is 4.79 Å². The number of rotatable bonds is 8. The smallest absolute Gasteiger partial charge is 0.263 e. The molecule has 1 amide bonds. The van der Waals surface area contributed by atoms with Gasteiger partial charge in [0.1, 0.15) is 28.5 Å². The molecule has 0 spiro atoms. The zero-order valence-corrected chi connectivity index (χ0v) is 18.5. The molecular formula is C22H27N5O5. The lowest BCUT2D eigenvalue weighted by molar-refractivity contribution is -0.121.